The maximum absolute atomic E-state index is 13.6. The number of hydrogen-bond acceptors (Lipinski definition) is 16. The Morgan fingerprint density at radius 2 is 1.70 bits per heavy atom. The van der Waals surface area contributed by atoms with Gasteiger partial charge in [-0.15, -0.1) is 0 Å². The Hall–Kier alpha value is -5.26. The summed E-state index contributed by atoms with van der Waals surface area (Å²) in [6.45, 7) is 10.6. The van der Waals surface area contributed by atoms with Gasteiger partial charge in [0.1, 0.15) is 42.6 Å². The zero-order chi connectivity index (χ0) is 46.2. The number of cyclic esters (lactones) is 1. The second kappa shape index (κ2) is 24.5. The number of amides is 1. The van der Waals surface area contributed by atoms with Crippen LogP contribution >= 0.6 is 0 Å². The van der Waals surface area contributed by atoms with E-state index < -0.39 is 48.4 Å². The maximum Gasteiger partial charge on any atom is 0.308 e. The van der Waals surface area contributed by atoms with Crippen molar-refractivity contribution < 1.29 is 61.3 Å². The number of fused-ring (bicyclic) bond motifs is 8. The van der Waals surface area contributed by atoms with Crippen LogP contribution in [0.3, 0.4) is 0 Å². The zero-order valence-corrected chi connectivity index (χ0v) is 37.9. The van der Waals surface area contributed by atoms with E-state index in [0.717, 1.165) is 0 Å². The first-order valence-corrected chi connectivity index (χ1v) is 21.6. The third-order valence-electron chi connectivity index (χ3n) is 11.7. The molecule has 0 radical (unpaired) electrons. The number of carbonyl (C=O) groups excluding carboxylic acids is 5. The molecule has 346 valence electrons. The highest BCUT2D eigenvalue weighted by Crippen LogP contribution is 2.31. The molecular formula is C46H64N4O13. The number of nitrogens with zero attached hydrogens (tertiary/aromatic N) is 4. The van der Waals surface area contributed by atoms with Gasteiger partial charge >= 0.3 is 11.9 Å². The molecule has 17 nitrogen and oxygen atoms in total. The molecule has 10 atom stereocenters. The number of aliphatic hydroxyl groups is 1. The van der Waals surface area contributed by atoms with E-state index in [9.17, 15) is 29.1 Å². The molecule has 0 aliphatic carbocycles. The second-order valence-corrected chi connectivity index (χ2v) is 16.7. The average Bonchev–Trinajstić information content (AvgIpc) is 4.05. The number of esters is 2. The number of methoxy groups -OCH3 is 2. The first-order valence-electron chi connectivity index (χ1n) is 21.6. The second-order valence-electron chi connectivity index (χ2n) is 16.7. The SMILES string of the molecule is CO[C@@H]1C/C=C\c2nc(co2)-c2nc(co2)-c2nc(co2)[C@@H](C)CC(=O)CCC[C@@H](O)CC(=O)O[C@H](C[C@@H](OC)[C@@H](C)CCC(=O)[C@H](C)[C@H](OC(C)=O)[C@H](C)/C=C/N(C)C=O)[C@H]1C. The quantitative estimate of drug-likeness (QED) is 0.118. The van der Waals surface area contributed by atoms with E-state index >= 15 is 0 Å². The monoisotopic (exact) mass is 880 g/mol. The molecule has 4 heterocycles. The Balaban J connectivity index is 1.51. The van der Waals surface area contributed by atoms with E-state index in [4.69, 9.17) is 32.2 Å². The van der Waals surface area contributed by atoms with Crippen LogP contribution in [-0.2, 0) is 42.9 Å². The van der Waals surface area contributed by atoms with Gasteiger partial charge in [0.05, 0.1) is 36.3 Å². The lowest BCUT2D eigenvalue weighted by Crippen LogP contribution is -2.39. The minimum atomic E-state index is -1.03. The minimum Gasteiger partial charge on any atom is -0.462 e. The van der Waals surface area contributed by atoms with Crippen molar-refractivity contribution in [2.24, 2.45) is 23.7 Å². The predicted octanol–water partition coefficient (Wildman–Crippen LogP) is 7.14. The molecule has 3 aromatic heterocycles. The molecule has 3 aromatic rings. The Morgan fingerprint density at radius 1 is 1.00 bits per heavy atom. The van der Waals surface area contributed by atoms with Crippen molar-refractivity contribution in [1.29, 1.82) is 0 Å². The third kappa shape index (κ3) is 15.2. The van der Waals surface area contributed by atoms with Crippen molar-refractivity contribution in [2.75, 3.05) is 21.3 Å². The van der Waals surface area contributed by atoms with E-state index in [2.05, 4.69) is 15.0 Å². The van der Waals surface area contributed by atoms with Gasteiger partial charge in [0.2, 0.25) is 24.1 Å². The smallest absolute Gasteiger partial charge is 0.308 e. The first kappa shape index (κ1) is 50.4. The average molecular weight is 881 g/mol. The van der Waals surface area contributed by atoms with Crippen LogP contribution in [0.1, 0.15) is 117 Å². The number of aliphatic hydroxyl groups excluding tert-OH is 1. The van der Waals surface area contributed by atoms with Gasteiger partial charge in [-0.3, -0.25) is 24.0 Å². The molecule has 0 aromatic carbocycles. The van der Waals surface area contributed by atoms with Crippen LogP contribution in [0, 0.1) is 23.7 Å². The van der Waals surface area contributed by atoms with Gasteiger partial charge in [-0.05, 0) is 37.7 Å². The lowest BCUT2D eigenvalue weighted by atomic mass is 9.84. The summed E-state index contributed by atoms with van der Waals surface area (Å²) in [5, 5.41) is 10.9. The maximum atomic E-state index is 13.6. The molecule has 1 aliphatic heterocycles. The fourth-order valence-electron chi connectivity index (χ4n) is 7.64. The van der Waals surface area contributed by atoms with Crippen LogP contribution in [-0.4, -0.2) is 107 Å². The van der Waals surface area contributed by atoms with Gasteiger partial charge in [-0.1, -0.05) is 46.8 Å². The summed E-state index contributed by atoms with van der Waals surface area (Å²) in [4.78, 5) is 77.9. The molecule has 1 amide bonds. The number of aromatic nitrogens is 3. The van der Waals surface area contributed by atoms with Gasteiger partial charge in [-0.2, -0.15) is 0 Å². The summed E-state index contributed by atoms with van der Waals surface area (Å²) in [5.74, 6) is -2.28. The molecule has 17 heteroatoms. The highest BCUT2D eigenvalue weighted by molar-refractivity contribution is 5.82. The fourth-order valence-corrected chi connectivity index (χ4v) is 7.64. The van der Waals surface area contributed by atoms with Crippen molar-refractivity contribution in [3.63, 3.8) is 0 Å². The van der Waals surface area contributed by atoms with E-state index in [1.165, 1.54) is 30.6 Å². The van der Waals surface area contributed by atoms with E-state index in [-0.39, 0.29) is 85.5 Å². The summed E-state index contributed by atoms with van der Waals surface area (Å²) in [6, 6.07) is 0. The summed E-state index contributed by atoms with van der Waals surface area (Å²) in [5.41, 5.74) is 1.30. The number of oxazole rings is 3. The van der Waals surface area contributed by atoms with Crippen LogP contribution < -0.4 is 0 Å². The van der Waals surface area contributed by atoms with E-state index in [1.807, 2.05) is 33.8 Å². The van der Waals surface area contributed by atoms with Gasteiger partial charge < -0.3 is 42.2 Å². The first-order chi connectivity index (χ1) is 30.0. The van der Waals surface area contributed by atoms with Crippen molar-refractivity contribution in [1.82, 2.24) is 19.9 Å². The normalized spacial score (nSPS) is 23.6. The van der Waals surface area contributed by atoms with E-state index in [1.54, 1.807) is 46.5 Å². The van der Waals surface area contributed by atoms with Crippen LogP contribution in [0.4, 0.5) is 0 Å². The molecule has 0 fully saturated rings. The molecule has 4 rings (SSSR count). The Labute approximate surface area is 369 Å². The van der Waals surface area contributed by atoms with Crippen molar-refractivity contribution in [2.45, 2.75) is 136 Å². The summed E-state index contributed by atoms with van der Waals surface area (Å²) >= 11 is 0. The number of ketones is 2. The predicted molar refractivity (Wildman–Crippen MR) is 229 cm³/mol. The largest absolute Gasteiger partial charge is 0.462 e. The number of carbonyl (C=O) groups is 5. The number of rotatable bonds is 15. The zero-order valence-electron chi connectivity index (χ0n) is 37.9. The lowest BCUT2D eigenvalue weighted by molar-refractivity contribution is -0.160. The Bertz CT molecular complexity index is 2000. The topological polar surface area (TPSA) is 224 Å². The Morgan fingerprint density at radius 3 is 2.40 bits per heavy atom. The Kier molecular flexibility index (Phi) is 19.6. The molecule has 0 saturated heterocycles. The lowest BCUT2D eigenvalue weighted by Gasteiger charge is -2.34. The summed E-state index contributed by atoms with van der Waals surface area (Å²) < 4.78 is 40.6. The highest BCUT2D eigenvalue weighted by Gasteiger charge is 2.35. The molecule has 1 N–H and O–H groups in total. The third-order valence-corrected chi connectivity index (χ3v) is 11.7. The molecule has 0 spiro atoms. The van der Waals surface area contributed by atoms with Crippen molar-refractivity contribution in [3.8, 4) is 23.2 Å². The van der Waals surface area contributed by atoms with Crippen LogP contribution in [0.2, 0.25) is 0 Å². The molecule has 0 unspecified atom stereocenters. The number of hydrogen-bond donors (Lipinski definition) is 1. The van der Waals surface area contributed by atoms with Gasteiger partial charge in [-0.25, -0.2) is 15.0 Å². The minimum absolute atomic E-state index is 0.0167. The summed E-state index contributed by atoms with van der Waals surface area (Å²) in [6.07, 6.45) is 10.4. The standard InChI is InChI=1S/C46H64N4O13/c1-27(16-17-38(55)30(4)44(62-32(6)52)28(2)18-19-50(7)26-51)40(58-9)22-41-31(5)39(57-8)14-11-15-42-47-36(24-59-42)45-49-37(25-61-45)46-48-35(23-60-46)29(3)20-33(53)12-10-13-34(54)21-43(56)63-41/h11,15,18-19,23-31,34,39-41,44,54H,10,12-14,16-17,20-22H2,1-9H3/b15-11-,19-18+/t27-,28+,29-,30-,31-,34+,39+,40+,41+,44+/m0/s1. The van der Waals surface area contributed by atoms with E-state index in [0.29, 0.717) is 48.6 Å². The van der Waals surface area contributed by atoms with Crippen LogP contribution in [0.25, 0.3) is 29.2 Å². The fraction of sp³-hybridized carbons (Fsp3) is 0.609. The molecule has 63 heavy (non-hydrogen) atoms. The van der Waals surface area contributed by atoms with Crippen LogP contribution in [0.5, 0.6) is 0 Å². The molecular weight excluding hydrogens is 817 g/mol. The van der Waals surface area contributed by atoms with Gasteiger partial charge in [0, 0.05) is 77.8 Å². The molecule has 6 bridgehead atoms. The molecule has 0 saturated carbocycles. The van der Waals surface area contributed by atoms with Crippen molar-refractivity contribution in [3.05, 3.63) is 48.7 Å². The molecule has 1 aliphatic rings. The number of Topliss-reactive ketones (excluding diaryl/α,β-unsaturated/α-hetero) is 2. The number of ether oxygens (including phenoxy) is 4. The van der Waals surface area contributed by atoms with Gasteiger partial charge in [0.15, 0.2) is 11.4 Å². The van der Waals surface area contributed by atoms with Crippen molar-refractivity contribution >= 4 is 36.0 Å². The van der Waals surface area contributed by atoms with Crippen LogP contribution in [0.15, 0.2) is 50.4 Å². The summed E-state index contributed by atoms with van der Waals surface area (Å²) in [7, 11) is 4.72. The van der Waals surface area contributed by atoms with Gasteiger partial charge in [0.25, 0.3) is 0 Å². The highest BCUT2D eigenvalue weighted by atomic mass is 16.6.